The molecule has 12 heavy (non-hydrogen) atoms. The molecule has 2 heteroatoms. The molecule has 1 aromatic rings. The van der Waals surface area contributed by atoms with Crippen molar-refractivity contribution in [3.05, 3.63) is 23.8 Å². The fraction of sp³-hybridized carbons (Fsp3) is 0.400. The quantitative estimate of drug-likeness (QED) is 0.698. The molecule has 68 valence electrons. The van der Waals surface area contributed by atoms with E-state index in [-0.39, 0.29) is 5.75 Å². The monoisotopic (exact) mass is 168 g/mol. The first kappa shape index (κ1) is 10.8. The van der Waals surface area contributed by atoms with Crippen molar-refractivity contribution in [1.82, 2.24) is 0 Å². The van der Waals surface area contributed by atoms with Gasteiger partial charge in [0.25, 0.3) is 0 Å². The molecule has 1 N–H and O–H groups in total. The van der Waals surface area contributed by atoms with Crippen molar-refractivity contribution >= 4 is 0 Å². The summed E-state index contributed by atoms with van der Waals surface area (Å²) in [6.45, 7) is 5.81. The lowest BCUT2D eigenvalue weighted by Gasteiger charge is -2.04. The third kappa shape index (κ3) is 2.46. The number of phenols is 1. The first-order chi connectivity index (χ1) is 5.75. The zero-order chi connectivity index (χ0) is 9.56. The van der Waals surface area contributed by atoms with E-state index in [0.717, 1.165) is 11.3 Å². The third-order valence-corrected chi connectivity index (χ3v) is 1.48. The van der Waals surface area contributed by atoms with Crippen LogP contribution in [0.1, 0.15) is 19.4 Å². The Kier molecular flexibility index (Phi) is 4.93. The van der Waals surface area contributed by atoms with E-state index in [1.807, 2.05) is 26.8 Å². The molecular weight excluding hydrogens is 152 g/mol. The highest BCUT2D eigenvalue weighted by molar-refractivity contribution is 5.42. The SMILES string of the molecule is CC.COc1cccc(O)c1C. The Morgan fingerprint density at radius 2 is 1.83 bits per heavy atom. The van der Waals surface area contributed by atoms with Crippen LogP contribution in [0.25, 0.3) is 0 Å². The van der Waals surface area contributed by atoms with Gasteiger partial charge in [-0.15, -0.1) is 0 Å². The molecular formula is C10H16O2. The smallest absolute Gasteiger partial charge is 0.125 e. The van der Waals surface area contributed by atoms with Gasteiger partial charge in [0, 0.05) is 5.56 Å². The summed E-state index contributed by atoms with van der Waals surface area (Å²) in [4.78, 5) is 0. The largest absolute Gasteiger partial charge is 0.508 e. The minimum absolute atomic E-state index is 0.277. The second-order valence-electron chi connectivity index (χ2n) is 2.10. The zero-order valence-electron chi connectivity index (χ0n) is 8.09. The van der Waals surface area contributed by atoms with Crippen LogP contribution >= 0.6 is 0 Å². The van der Waals surface area contributed by atoms with Gasteiger partial charge in [-0.1, -0.05) is 19.9 Å². The maximum absolute atomic E-state index is 9.15. The number of methoxy groups -OCH3 is 1. The van der Waals surface area contributed by atoms with Crippen molar-refractivity contribution in [2.75, 3.05) is 7.11 Å². The summed E-state index contributed by atoms with van der Waals surface area (Å²) >= 11 is 0. The first-order valence-corrected chi connectivity index (χ1v) is 4.08. The first-order valence-electron chi connectivity index (χ1n) is 4.08. The highest BCUT2D eigenvalue weighted by Crippen LogP contribution is 2.24. The fourth-order valence-corrected chi connectivity index (χ4v) is 0.824. The van der Waals surface area contributed by atoms with Crippen molar-refractivity contribution in [3.63, 3.8) is 0 Å². The Balaban J connectivity index is 0.000000561. The second kappa shape index (κ2) is 5.47. The maximum Gasteiger partial charge on any atom is 0.125 e. The summed E-state index contributed by atoms with van der Waals surface area (Å²) in [5.41, 5.74) is 0.782. The fourth-order valence-electron chi connectivity index (χ4n) is 0.824. The van der Waals surface area contributed by atoms with Crippen molar-refractivity contribution in [2.45, 2.75) is 20.8 Å². The molecule has 0 aliphatic heterocycles. The van der Waals surface area contributed by atoms with E-state index < -0.39 is 0 Å². The summed E-state index contributed by atoms with van der Waals surface area (Å²) in [6, 6.07) is 5.20. The van der Waals surface area contributed by atoms with Crippen LogP contribution in [0.2, 0.25) is 0 Å². The van der Waals surface area contributed by atoms with Gasteiger partial charge in [-0.3, -0.25) is 0 Å². The second-order valence-corrected chi connectivity index (χ2v) is 2.10. The van der Waals surface area contributed by atoms with E-state index >= 15 is 0 Å². The van der Waals surface area contributed by atoms with Crippen LogP contribution in [0.3, 0.4) is 0 Å². The standard InChI is InChI=1S/C8H10O2.C2H6/c1-6-7(9)4-3-5-8(6)10-2;1-2/h3-5,9H,1-2H3;1-2H3. The van der Waals surface area contributed by atoms with Crippen LogP contribution in [0.5, 0.6) is 11.5 Å². The van der Waals surface area contributed by atoms with E-state index in [9.17, 15) is 0 Å². The van der Waals surface area contributed by atoms with Crippen LogP contribution in [0, 0.1) is 6.92 Å². The number of hydrogen-bond acceptors (Lipinski definition) is 2. The van der Waals surface area contributed by atoms with Gasteiger partial charge in [0.05, 0.1) is 7.11 Å². The van der Waals surface area contributed by atoms with Crippen LogP contribution < -0.4 is 4.74 Å². The maximum atomic E-state index is 9.15. The molecule has 0 atom stereocenters. The lowest BCUT2D eigenvalue weighted by molar-refractivity contribution is 0.403. The van der Waals surface area contributed by atoms with Gasteiger partial charge in [0.2, 0.25) is 0 Å². The minimum Gasteiger partial charge on any atom is -0.508 e. The minimum atomic E-state index is 0.277. The molecule has 0 unspecified atom stereocenters. The zero-order valence-corrected chi connectivity index (χ0v) is 8.09. The van der Waals surface area contributed by atoms with E-state index in [2.05, 4.69) is 0 Å². The molecule has 0 radical (unpaired) electrons. The number of hydrogen-bond donors (Lipinski definition) is 1. The van der Waals surface area contributed by atoms with E-state index in [1.54, 1.807) is 19.2 Å². The van der Waals surface area contributed by atoms with Gasteiger partial charge >= 0.3 is 0 Å². The third-order valence-electron chi connectivity index (χ3n) is 1.48. The number of benzene rings is 1. The Labute approximate surface area is 73.8 Å². The lowest BCUT2D eigenvalue weighted by Crippen LogP contribution is -1.85. The highest BCUT2D eigenvalue weighted by atomic mass is 16.5. The average molecular weight is 168 g/mol. The van der Waals surface area contributed by atoms with E-state index in [1.165, 1.54) is 0 Å². The summed E-state index contributed by atoms with van der Waals surface area (Å²) in [5, 5.41) is 9.15. The van der Waals surface area contributed by atoms with Crippen LogP contribution in [-0.2, 0) is 0 Å². The number of aromatic hydroxyl groups is 1. The highest BCUT2D eigenvalue weighted by Gasteiger charge is 1.99. The van der Waals surface area contributed by atoms with Gasteiger partial charge in [0.1, 0.15) is 11.5 Å². The Hall–Kier alpha value is -1.18. The Morgan fingerprint density at radius 1 is 1.25 bits per heavy atom. The van der Waals surface area contributed by atoms with Crippen LogP contribution in [-0.4, -0.2) is 12.2 Å². The predicted octanol–water partition coefficient (Wildman–Crippen LogP) is 2.74. The van der Waals surface area contributed by atoms with Gasteiger partial charge in [0.15, 0.2) is 0 Å². The molecule has 0 fully saturated rings. The number of rotatable bonds is 1. The normalized spacial score (nSPS) is 8.33. The molecule has 0 spiro atoms. The van der Waals surface area contributed by atoms with Gasteiger partial charge in [-0.2, -0.15) is 0 Å². The van der Waals surface area contributed by atoms with Gasteiger partial charge < -0.3 is 9.84 Å². The molecule has 0 bridgehead atoms. The molecule has 1 aromatic carbocycles. The van der Waals surface area contributed by atoms with Crippen LogP contribution in [0.4, 0.5) is 0 Å². The van der Waals surface area contributed by atoms with Gasteiger partial charge in [-0.25, -0.2) is 0 Å². The average Bonchev–Trinajstić information content (AvgIpc) is 2.13. The summed E-state index contributed by atoms with van der Waals surface area (Å²) < 4.78 is 4.97. The van der Waals surface area contributed by atoms with Gasteiger partial charge in [-0.05, 0) is 19.1 Å². The summed E-state index contributed by atoms with van der Waals surface area (Å²) in [5.74, 6) is 0.999. The van der Waals surface area contributed by atoms with Crippen molar-refractivity contribution in [3.8, 4) is 11.5 Å². The Bertz CT molecular complexity index is 231. The summed E-state index contributed by atoms with van der Waals surface area (Å²) in [6.07, 6.45) is 0. The van der Waals surface area contributed by atoms with Crippen molar-refractivity contribution in [1.29, 1.82) is 0 Å². The number of phenolic OH excluding ortho intramolecular Hbond substituents is 1. The molecule has 0 aliphatic rings. The molecule has 0 saturated heterocycles. The predicted molar refractivity (Wildman–Crippen MR) is 50.7 cm³/mol. The molecule has 0 heterocycles. The Morgan fingerprint density at radius 3 is 2.25 bits per heavy atom. The molecule has 1 rings (SSSR count). The van der Waals surface area contributed by atoms with E-state index in [0.29, 0.717) is 0 Å². The topological polar surface area (TPSA) is 29.5 Å². The van der Waals surface area contributed by atoms with E-state index in [4.69, 9.17) is 9.84 Å². The molecule has 0 amide bonds. The number of ether oxygens (including phenoxy) is 1. The van der Waals surface area contributed by atoms with Crippen LogP contribution in [0.15, 0.2) is 18.2 Å². The molecule has 2 nitrogen and oxygen atoms in total. The van der Waals surface area contributed by atoms with Crippen molar-refractivity contribution in [2.24, 2.45) is 0 Å². The molecule has 0 aromatic heterocycles. The summed E-state index contributed by atoms with van der Waals surface area (Å²) in [7, 11) is 1.59. The lowest BCUT2D eigenvalue weighted by atomic mass is 10.2. The molecule has 0 saturated carbocycles. The molecule has 0 aliphatic carbocycles. The van der Waals surface area contributed by atoms with Crippen molar-refractivity contribution < 1.29 is 9.84 Å².